The molecule has 0 unspecified atom stereocenters. The molecule has 6 heteroatoms. The maximum absolute atomic E-state index is 12.2. The van der Waals surface area contributed by atoms with E-state index in [0.717, 1.165) is 16.7 Å². The van der Waals surface area contributed by atoms with Crippen molar-refractivity contribution in [2.24, 2.45) is 0 Å². The Morgan fingerprint density at radius 3 is 2.05 bits per heavy atom. The van der Waals surface area contributed by atoms with Crippen LogP contribution < -0.4 is 0 Å². The van der Waals surface area contributed by atoms with Crippen molar-refractivity contribution in [3.05, 3.63) is 34.9 Å². The summed E-state index contributed by atoms with van der Waals surface area (Å²) in [5.74, 6) is 0. The minimum atomic E-state index is -3.84. The van der Waals surface area contributed by atoms with Gasteiger partial charge in [-0.2, -0.15) is 0 Å². The highest BCUT2D eigenvalue weighted by Gasteiger charge is 2.36. The first-order valence-corrected chi connectivity index (χ1v) is 8.10. The molecule has 0 radical (unpaired) electrons. The Morgan fingerprint density at radius 1 is 1.10 bits per heavy atom. The number of aryl methyl sites for hydroxylation is 2. The van der Waals surface area contributed by atoms with Crippen molar-refractivity contribution in [1.82, 2.24) is 0 Å². The Hall–Kier alpha value is -1.16. The summed E-state index contributed by atoms with van der Waals surface area (Å²) in [6.07, 6.45) is 0. The molecule has 0 aliphatic carbocycles. The van der Waals surface area contributed by atoms with Gasteiger partial charge in [0.25, 0.3) is 0 Å². The van der Waals surface area contributed by atoms with Crippen molar-refractivity contribution < 1.29 is 23.1 Å². The van der Waals surface area contributed by atoms with Gasteiger partial charge in [0.2, 0.25) is 0 Å². The molecule has 0 N–H and O–H groups in total. The van der Waals surface area contributed by atoms with Crippen molar-refractivity contribution in [2.45, 2.75) is 34.3 Å². The highest BCUT2D eigenvalue weighted by molar-refractivity contribution is 7.71. The summed E-state index contributed by atoms with van der Waals surface area (Å²) in [4.78, 5) is 11.9. The molecule has 1 aromatic rings. The van der Waals surface area contributed by atoms with E-state index in [9.17, 15) is 9.36 Å². The van der Waals surface area contributed by atoms with Crippen LogP contribution in [0.4, 0.5) is 4.79 Å². The molecule has 0 bridgehead atoms. The van der Waals surface area contributed by atoms with E-state index < -0.39 is 13.3 Å². The summed E-state index contributed by atoms with van der Waals surface area (Å²) in [6, 6.07) is 5.79. The lowest BCUT2D eigenvalue weighted by molar-refractivity contribution is 0.143. The van der Waals surface area contributed by atoms with Crippen LogP contribution in [0, 0.1) is 13.8 Å². The maximum Gasteiger partial charge on any atom is 0.438 e. The number of hydrogen-bond donors (Lipinski definition) is 0. The molecular formula is C14H21O5P. The number of ether oxygens (including phenoxy) is 1. The van der Waals surface area contributed by atoms with E-state index in [1.54, 1.807) is 13.8 Å². The van der Waals surface area contributed by atoms with E-state index in [4.69, 9.17) is 13.8 Å². The Labute approximate surface area is 119 Å². The Balaban J connectivity index is 2.78. The zero-order chi connectivity index (χ0) is 15.2. The van der Waals surface area contributed by atoms with Crippen LogP contribution in [-0.2, 0) is 25.0 Å². The molecule has 112 valence electrons. The molecule has 0 aromatic heterocycles. The van der Waals surface area contributed by atoms with E-state index in [1.165, 1.54) is 0 Å². The molecule has 0 aliphatic heterocycles. The predicted molar refractivity (Wildman–Crippen MR) is 77.0 cm³/mol. The van der Waals surface area contributed by atoms with Crippen molar-refractivity contribution in [2.75, 3.05) is 13.2 Å². The van der Waals surface area contributed by atoms with Crippen LogP contribution in [0.5, 0.6) is 0 Å². The van der Waals surface area contributed by atoms with Gasteiger partial charge >= 0.3 is 13.3 Å². The lowest BCUT2D eigenvalue weighted by Crippen LogP contribution is -2.10. The maximum atomic E-state index is 12.2. The van der Waals surface area contributed by atoms with Gasteiger partial charge in [0.15, 0.2) is 0 Å². The minimum Gasteiger partial charge on any atom is -0.452 e. The van der Waals surface area contributed by atoms with Crippen molar-refractivity contribution in [3.8, 4) is 0 Å². The van der Waals surface area contributed by atoms with E-state index in [-0.39, 0.29) is 19.8 Å². The van der Waals surface area contributed by atoms with Gasteiger partial charge in [0.05, 0.1) is 13.2 Å². The van der Waals surface area contributed by atoms with Crippen LogP contribution in [0.25, 0.3) is 0 Å². The molecule has 20 heavy (non-hydrogen) atoms. The monoisotopic (exact) mass is 300 g/mol. The normalized spacial score (nSPS) is 11.4. The van der Waals surface area contributed by atoms with Gasteiger partial charge in [-0.3, -0.25) is 0 Å². The number of carbonyl (C=O) groups excluding carboxylic acids is 1. The Bertz CT molecular complexity index is 482. The van der Waals surface area contributed by atoms with E-state index >= 15 is 0 Å². The third-order valence-corrected chi connectivity index (χ3v) is 4.58. The van der Waals surface area contributed by atoms with Gasteiger partial charge in [-0.15, -0.1) is 0 Å². The summed E-state index contributed by atoms with van der Waals surface area (Å²) in [5, 5.41) is 0. The van der Waals surface area contributed by atoms with Gasteiger partial charge in [-0.1, -0.05) is 18.2 Å². The molecule has 0 amide bonds. The first kappa shape index (κ1) is 16.9. The number of hydrogen-bond acceptors (Lipinski definition) is 5. The molecular weight excluding hydrogens is 279 g/mol. The predicted octanol–water partition coefficient (Wildman–Crippen LogP) is 4.21. The molecule has 5 nitrogen and oxygen atoms in total. The topological polar surface area (TPSA) is 61.8 Å². The fourth-order valence-electron chi connectivity index (χ4n) is 1.77. The second-order valence-corrected chi connectivity index (χ2v) is 6.13. The van der Waals surface area contributed by atoms with E-state index in [0.29, 0.717) is 0 Å². The van der Waals surface area contributed by atoms with Gasteiger partial charge in [0, 0.05) is 0 Å². The summed E-state index contributed by atoms with van der Waals surface area (Å²) < 4.78 is 27.2. The minimum absolute atomic E-state index is 0.0570. The van der Waals surface area contributed by atoms with E-state index in [2.05, 4.69) is 0 Å². The van der Waals surface area contributed by atoms with Crippen LogP contribution in [0.3, 0.4) is 0 Å². The zero-order valence-corrected chi connectivity index (χ0v) is 13.2. The Kier molecular flexibility index (Phi) is 6.40. The van der Waals surface area contributed by atoms with Crippen LogP contribution in [-0.4, -0.2) is 18.9 Å². The zero-order valence-electron chi connectivity index (χ0n) is 12.3. The first-order valence-electron chi connectivity index (χ1n) is 6.56. The molecule has 1 aromatic carbocycles. The smallest absolute Gasteiger partial charge is 0.438 e. The van der Waals surface area contributed by atoms with Gasteiger partial charge in [0.1, 0.15) is 6.61 Å². The largest absolute Gasteiger partial charge is 0.452 e. The first-order chi connectivity index (χ1) is 9.44. The average Bonchev–Trinajstić information content (AvgIpc) is 2.38. The molecule has 0 spiro atoms. The van der Waals surface area contributed by atoms with Gasteiger partial charge in [-0.25, -0.2) is 9.36 Å². The molecule has 0 aliphatic rings. The second-order valence-electron chi connectivity index (χ2n) is 4.26. The fourth-order valence-corrected chi connectivity index (χ4v) is 2.96. The molecule has 0 atom stereocenters. The highest BCUT2D eigenvalue weighted by atomic mass is 31.2. The molecule has 0 fully saturated rings. The van der Waals surface area contributed by atoms with E-state index in [1.807, 2.05) is 32.0 Å². The molecule has 0 saturated carbocycles. The summed E-state index contributed by atoms with van der Waals surface area (Å²) in [6.45, 7) is 7.45. The van der Waals surface area contributed by atoms with Gasteiger partial charge in [-0.05, 0) is 44.4 Å². The molecule has 0 saturated heterocycles. The van der Waals surface area contributed by atoms with Gasteiger partial charge < -0.3 is 13.8 Å². The lowest BCUT2D eigenvalue weighted by Gasteiger charge is -2.16. The SMILES string of the molecule is CCOP(=O)(OCC)C(=O)OCc1c(C)cccc1C. The highest BCUT2D eigenvalue weighted by Crippen LogP contribution is 2.50. The standard InChI is InChI=1S/C14H21O5P/c1-5-18-20(16,19-6-2)14(15)17-10-13-11(3)8-7-9-12(13)4/h7-9H,5-6,10H2,1-4H3. The van der Waals surface area contributed by atoms with Crippen LogP contribution >= 0.6 is 7.60 Å². The fraction of sp³-hybridized carbons (Fsp3) is 0.500. The van der Waals surface area contributed by atoms with Crippen molar-refractivity contribution in [3.63, 3.8) is 0 Å². The molecule has 1 rings (SSSR count). The van der Waals surface area contributed by atoms with Crippen molar-refractivity contribution in [1.29, 1.82) is 0 Å². The van der Waals surface area contributed by atoms with Crippen LogP contribution in [0.1, 0.15) is 30.5 Å². The summed E-state index contributed by atoms with van der Waals surface area (Å²) in [7, 11) is -3.84. The summed E-state index contributed by atoms with van der Waals surface area (Å²) in [5.41, 5.74) is 1.99. The number of carbonyl (C=O) groups is 1. The second kappa shape index (κ2) is 7.58. The Morgan fingerprint density at radius 2 is 1.60 bits per heavy atom. The third-order valence-electron chi connectivity index (χ3n) is 2.81. The van der Waals surface area contributed by atoms with Crippen molar-refractivity contribution >= 4 is 13.3 Å². The average molecular weight is 300 g/mol. The lowest BCUT2D eigenvalue weighted by atomic mass is 10.0. The molecule has 0 heterocycles. The quantitative estimate of drug-likeness (QED) is 0.706. The summed E-state index contributed by atoms with van der Waals surface area (Å²) >= 11 is 0. The van der Waals surface area contributed by atoms with Crippen LogP contribution in [0.15, 0.2) is 18.2 Å². The third kappa shape index (κ3) is 4.17. The number of rotatable bonds is 7. The van der Waals surface area contributed by atoms with Crippen LogP contribution in [0.2, 0.25) is 0 Å². The number of benzene rings is 1.